The van der Waals surface area contributed by atoms with Crippen LogP contribution in [0.15, 0.2) is 29.6 Å². The van der Waals surface area contributed by atoms with Crippen molar-refractivity contribution < 1.29 is 0 Å². The van der Waals surface area contributed by atoms with Gasteiger partial charge in [-0.05, 0) is 59.9 Å². The first-order valence-electron chi connectivity index (χ1n) is 7.47. The van der Waals surface area contributed by atoms with Gasteiger partial charge < -0.3 is 5.32 Å². The van der Waals surface area contributed by atoms with Crippen LogP contribution in [0.4, 0.5) is 5.82 Å². The minimum Gasteiger partial charge on any atom is -0.367 e. The van der Waals surface area contributed by atoms with Crippen molar-refractivity contribution in [2.24, 2.45) is 0 Å². The minimum absolute atomic E-state index is 0.397. The third-order valence-electron chi connectivity index (χ3n) is 4.00. The molecule has 1 unspecified atom stereocenters. The Bertz CT molecular complexity index is 733. The molecule has 3 aromatic heterocycles. The lowest BCUT2D eigenvalue weighted by atomic mass is 10.2. The van der Waals surface area contributed by atoms with Gasteiger partial charge in [-0.2, -0.15) is 0 Å². The summed E-state index contributed by atoms with van der Waals surface area (Å²) in [6.07, 6.45) is 2.58. The number of fused-ring (bicyclic) bond motifs is 1. The van der Waals surface area contributed by atoms with Gasteiger partial charge in [-0.3, -0.25) is 4.90 Å². The third-order valence-corrected chi connectivity index (χ3v) is 4.97. The van der Waals surface area contributed by atoms with E-state index in [0.29, 0.717) is 11.7 Å². The molecule has 1 saturated heterocycles. The highest BCUT2D eigenvalue weighted by molar-refractivity contribution is 7.10. The molecule has 0 radical (unpaired) electrons. The summed E-state index contributed by atoms with van der Waals surface area (Å²) in [7, 11) is 0. The molecular weight excluding hydrogens is 298 g/mol. The topological polar surface area (TPSA) is 71.2 Å². The predicted molar refractivity (Wildman–Crippen MR) is 84.9 cm³/mol. The second kappa shape index (κ2) is 5.98. The van der Waals surface area contributed by atoms with Crippen molar-refractivity contribution in [2.75, 3.05) is 25.0 Å². The quantitative estimate of drug-likeness (QED) is 0.774. The number of tetrazole rings is 1. The number of hydrogen-bond donors (Lipinski definition) is 1. The van der Waals surface area contributed by atoms with E-state index in [1.807, 2.05) is 23.5 Å². The summed E-state index contributed by atoms with van der Waals surface area (Å²) >= 11 is 1.82. The lowest BCUT2D eigenvalue weighted by Gasteiger charge is -2.27. The molecule has 1 atom stereocenters. The molecule has 0 aromatic carbocycles. The van der Waals surface area contributed by atoms with E-state index in [4.69, 9.17) is 0 Å². The molecule has 1 fully saturated rings. The first kappa shape index (κ1) is 13.6. The van der Waals surface area contributed by atoms with Crippen LogP contribution in [0.3, 0.4) is 0 Å². The minimum atomic E-state index is 0.397. The van der Waals surface area contributed by atoms with Crippen molar-refractivity contribution in [3.8, 4) is 0 Å². The van der Waals surface area contributed by atoms with Gasteiger partial charge in [0.15, 0.2) is 5.65 Å². The Morgan fingerprint density at radius 2 is 2.14 bits per heavy atom. The Labute approximate surface area is 131 Å². The molecule has 1 aliphatic rings. The maximum atomic E-state index is 4.37. The Hall–Kier alpha value is -2.06. The van der Waals surface area contributed by atoms with Gasteiger partial charge in [0, 0.05) is 11.4 Å². The summed E-state index contributed by atoms with van der Waals surface area (Å²) in [5, 5.41) is 21.2. The molecule has 1 N–H and O–H groups in total. The van der Waals surface area contributed by atoms with E-state index < -0.39 is 0 Å². The molecule has 0 bridgehead atoms. The second-order valence-electron chi connectivity index (χ2n) is 5.40. The number of thiophene rings is 1. The molecule has 8 heteroatoms. The zero-order chi connectivity index (χ0) is 14.8. The number of likely N-dealkylation sites (tertiary alicyclic amines) is 1. The summed E-state index contributed by atoms with van der Waals surface area (Å²) in [6.45, 7) is 3.18. The van der Waals surface area contributed by atoms with E-state index in [1.165, 1.54) is 35.4 Å². The van der Waals surface area contributed by atoms with Crippen LogP contribution in [0.25, 0.3) is 5.65 Å². The highest BCUT2D eigenvalue weighted by atomic mass is 32.1. The van der Waals surface area contributed by atoms with E-state index in [0.717, 1.165) is 12.4 Å². The number of nitrogens with one attached hydrogen (secondary N) is 1. The molecule has 114 valence electrons. The normalized spacial score (nSPS) is 17.1. The van der Waals surface area contributed by atoms with Crippen LogP contribution in [0.2, 0.25) is 0 Å². The van der Waals surface area contributed by atoms with Gasteiger partial charge in [0.25, 0.3) is 0 Å². The van der Waals surface area contributed by atoms with Crippen LogP contribution in [0, 0.1) is 0 Å². The lowest BCUT2D eigenvalue weighted by molar-refractivity contribution is 0.259. The summed E-state index contributed by atoms with van der Waals surface area (Å²) in [5.41, 5.74) is 0.653. The van der Waals surface area contributed by atoms with Crippen LogP contribution in [-0.2, 0) is 0 Å². The van der Waals surface area contributed by atoms with Gasteiger partial charge in [-0.1, -0.05) is 6.07 Å². The average Bonchev–Trinajstić information content (AvgIpc) is 3.30. The third kappa shape index (κ3) is 2.67. The average molecular weight is 315 g/mol. The smallest absolute Gasteiger partial charge is 0.200 e. The zero-order valence-corrected chi connectivity index (χ0v) is 12.9. The van der Waals surface area contributed by atoms with Crippen molar-refractivity contribution in [3.63, 3.8) is 0 Å². The second-order valence-corrected chi connectivity index (χ2v) is 6.38. The van der Waals surface area contributed by atoms with Crippen molar-refractivity contribution in [3.05, 3.63) is 34.5 Å². The molecule has 4 heterocycles. The van der Waals surface area contributed by atoms with Crippen molar-refractivity contribution >= 4 is 22.8 Å². The van der Waals surface area contributed by atoms with Gasteiger partial charge in [-0.15, -0.1) is 26.2 Å². The number of hydrogen-bond acceptors (Lipinski definition) is 7. The fraction of sp³-hybridized carbons (Fsp3) is 0.429. The Morgan fingerprint density at radius 3 is 2.95 bits per heavy atom. The molecule has 22 heavy (non-hydrogen) atoms. The maximum absolute atomic E-state index is 4.37. The maximum Gasteiger partial charge on any atom is 0.200 e. The van der Waals surface area contributed by atoms with E-state index in [1.54, 1.807) is 0 Å². The zero-order valence-electron chi connectivity index (χ0n) is 12.1. The van der Waals surface area contributed by atoms with Crippen LogP contribution in [0.5, 0.6) is 0 Å². The first-order chi connectivity index (χ1) is 10.9. The number of rotatable bonds is 5. The van der Waals surface area contributed by atoms with Gasteiger partial charge in [0.1, 0.15) is 5.82 Å². The first-order valence-corrected chi connectivity index (χ1v) is 8.35. The van der Waals surface area contributed by atoms with Gasteiger partial charge in [0.2, 0.25) is 0 Å². The fourth-order valence-corrected chi connectivity index (χ4v) is 3.75. The largest absolute Gasteiger partial charge is 0.367 e. The molecule has 1 aliphatic heterocycles. The Morgan fingerprint density at radius 1 is 1.23 bits per heavy atom. The summed E-state index contributed by atoms with van der Waals surface area (Å²) in [5.74, 6) is 0.792. The van der Waals surface area contributed by atoms with E-state index in [-0.39, 0.29) is 0 Å². The van der Waals surface area contributed by atoms with E-state index in [9.17, 15) is 0 Å². The van der Waals surface area contributed by atoms with Crippen LogP contribution in [0.1, 0.15) is 23.8 Å². The highest BCUT2D eigenvalue weighted by Gasteiger charge is 2.24. The van der Waals surface area contributed by atoms with Crippen molar-refractivity contribution in [1.82, 2.24) is 30.2 Å². The highest BCUT2D eigenvalue weighted by Crippen LogP contribution is 2.28. The van der Waals surface area contributed by atoms with Crippen LogP contribution in [-0.4, -0.2) is 49.8 Å². The molecular formula is C14H17N7S. The van der Waals surface area contributed by atoms with Crippen molar-refractivity contribution in [2.45, 2.75) is 18.9 Å². The lowest BCUT2D eigenvalue weighted by Crippen LogP contribution is -2.30. The monoisotopic (exact) mass is 315 g/mol. The molecule has 3 aromatic rings. The fourth-order valence-electron chi connectivity index (χ4n) is 2.89. The predicted octanol–water partition coefficient (Wildman–Crippen LogP) is 1.83. The summed E-state index contributed by atoms with van der Waals surface area (Å²) < 4.78 is 1.44. The number of aromatic nitrogens is 5. The van der Waals surface area contributed by atoms with Gasteiger partial charge in [-0.25, -0.2) is 0 Å². The van der Waals surface area contributed by atoms with Crippen molar-refractivity contribution in [1.29, 1.82) is 0 Å². The van der Waals surface area contributed by atoms with Crippen LogP contribution >= 0.6 is 11.3 Å². The molecule has 7 nitrogen and oxygen atoms in total. The summed E-state index contributed by atoms with van der Waals surface area (Å²) in [6, 6.07) is 8.52. The molecule has 0 spiro atoms. The molecule has 0 saturated carbocycles. The SMILES string of the molecule is c1csc(C(CNc2ccc3nnnn3n2)N2CCCC2)c1. The molecule has 4 rings (SSSR count). The number of anilines is 1. The van der Waals surface area contributed by atoms with E-state index in [2.05, 4.69) is 48.4 Å². The molecule has 0 aliphatic carbocycles. The van der Waals surface area contributed by atoms with Gasteiger partial charge >= 0.3 is 0 Å². The Kier molecular flexibility index (Phi) is 3.69. The molecule has 0 amide bonds. The van der Waals surface area contributed by atoms with E-state index >= 15 is 0 Å². The summed E-state index contributed by atoms with van der Waals surface area (Å²) in [4.78, 5) is 3.95. The number of nitrogens with zero attached hydrogens (tertiary/aromatic N) is 6. The van der Waals surface area contributed by atoms with Crippen LogP contribution < -0.4 is 5.32 Å². The van der Waals surface area contributed by atoms with Gasteiger partial charge in [0.05, 0.1) is 6.04 Å². The standard InChI is InChI=1S/C14H17N7S/c1-2-8-20(7-1)11(12-4-3-9-22-12)10-15-13-5-6-14-16-18-19-21(14)17-13/h3-6,9,11H,1-2,7-8,10H2,(H,15,17). The Balaban J connectivity index is 1.51.